The lowest BCUT2D eigenvalue weighted by molar-refractivity contribution is 0.309. The van der Waals surface area contributed by atoms with E-state index in [9.17, 15) is 0 Å². The Morgan fingerprint density at radius 2 is 2.32 bits per heavy atom. The van der Waals surface area contributed by atoms with Gasteiger partial charge in [-0.2, -0.15) is 0 Å². The minimum atomic E-state index is -0.0988. The van der Waals surface area contributed by atoms with E-state index in [1.807, 2.05) is 35.5 Å². The van der Waals surface area contributed by atoms with Gasteiger partial charge in [0.1, 0.15) is 12.4 Å². The van der Waals surface area contributed by atoms with E-state index in [2.05, 4.69) is 28.8 Å². The van der Waals surface area contributed by atoms with Gasteiger partial charge in [0.05, 0.1) is 6.54 Å². The second-order valence-corrected chi connectivity index (χ2v) is 5.34. The Hall–Kier alpha value is -1.61. The number of hydrogen-bond donors (Lipinski definition) is 1. The molecule has 0 unspecified atom stereocenters. The van der Waals surface area contributed by atoms with E-state index in [0.29, 0.717) is 0 Å². The first-order valence-electron chi connectivity index (χ1n) is 6.01. The molecule has 4 nitrogen and oxygen atoms in total. The summed E-state index contributed by atoms with van der Waals surface area (Å²) in [6.07, 6.45) is 3.76. The molecule has 0 spiro atoms. The highest BCUT2D eigenvalue weighted by Gasteiger charge is 2.08. The van der Waals surface area contributed by atoms with Gasteiger partial charge in [-0.25, -0.2) is 4.98 Å². The lowest BCUT2D eigenvalue weighted by Crippen LogP contribution is -2.19. The molecule has 0 aliphatic heterocycles. The number of aliphatic hydroxyl groups is 1. The number of imidazole rings is 1. The second-order valence-electron chi connectivity index (χ2n) is 4.34. The van der Waals surface area contributed by atoms with E-state index in [1.165, 1.54) is 4.88 Å². The predicted octanol–water partition coefficient (Wildman–Crippen LogP) is 1.46. The molecule has 5 heteroatoms. The first kappa shape index (κ1) is 13.8. The van der Waals surface area contributed by atoms with Gasteiger partial charge in [0.15, 0.2) is 0 Å². The molecule has 0 saturated carbocycles. The van der Waals surface area contributed by atoms with E-state index < -0.39 is 0 Å². The van der Waals surface area contributed by atoms with Crippen molar-refractivity contribution in [1.29, 1.82) is 0 Å². The van der Waals surface area contributed by atoms with E-state index in [0.717, 1.165) is 24.5 Å². The second kappa shape index (κ2) is 6.53. The Kier molecular flexibility index (Phi) is 4.74. The van der Waals surface area contributed by atoms with Gasteiger partial charge in [0.2, 0.25) is 0 Å². The fourth-order valence-electron chi connectivity index (χ4n) is 1.80. The molecule has 0 radical (unpaired) electrons. The molecule has 0 saturated heterocycles. The van der Waals surface area contributed by atoms with Gasteiger partial charge in [0.25, 0.3) is 0 Å². The van der Waals surface area contributed by atoms with Crippen molar-refractivity contribution in [3.8, 4) is 11.8 Å². The SMILES string of the molecule is CN(Cc1sccc1C#CCO)Cc1nccn1C. The van der Waals surface area contributed by atoms with Gasteiger partial charge in [-0.1, -0.05) is 11.8 Å². The average molecular weight is 275 g/mol. The summed E-state index contributed by atoms with van der Waals surface area (Å²) < 4.78 is 2.03. The molecule has 0 amide bonds. The molecule has 0 aliphatic rings. The van der Waals surface area contributed by atoms with Crippen LogP contribution in [-0.2, 0) is 20.1 Å². The minimum absolute atomic E-state index is 0.0988. The molecule has 100 valence electrons. The van der Waals surface area contributed by atoms with Crippen molar-refractivity contribution in [2.75, 3.05) is 13.7 Å². The highest BCUT2D eigenvalue weighted by atomic mass is 32.1. The molecule has 2 aromatic rings. The zero-order valence-electron chi connectivity index (χ0n) is 11.1. The van der Waals surface area contributed by atoms with Gasteiger partial charge < -0.3 is 9.67 Å². The summed E-state index contributed by atoms with van der Waals surface area (Å²) in [4.78, 5) is 7.75. The molecule has 0 atom stereocenters. The number of rotatable bonds is 4. The normalized spacial score (nSPS) is 10.5. The fourth-order valence-corrected chi connectivity index (χ4v) is 2.71. The first-order valence-corrected chi connectivity index (χ1v) is 6.89. The summed E-state index contributed by atoms with van der Waals surface area (Å²) in [5, 5.41) is 10.8. The Labute approximate surface area is 117 Å². The van der Waals surface area contributed by atoms with Crippen molar-refractivity contribution < 1.29 is 5.11 Å². The lowest BCUT2D eigenvalue weighted by Gasteiger charge is -2.15. The summed E-state index contributed by atoms with van der Waals surface area (Å²) in [7, 11) is 4.07. The van der Waals surface area contributed by atoms with Crippen LogP contribution >= 0.6 is 11.3 Å². The maximum Gasteiger partial charge on any atom is 0.122 e. The van der Waals surface area contributed by atoms with E-state index >= 15 is 0 Å². The van der Waals surface area contributed by atoms with Crippen LogP contribution in [0.4, 0.5) is 0 Å². The molecule has 2 rings (SSSR count). The standard InChI is InChI=1S/C14H17N3OS/c1-16(11-14-15-6-7-17(14)2)10-13-12(4-3-8-18)5-9-19-13/h5-7,9,18H,8,10-11H2,1-2H3. The monoisotopic (exact) mass is 275 g/mol. The van der Waals surface area contributed by atoms with Crippen molar-refractivity contribution in [2.24, 2.45) is 7.05 Å². The molecule has 0 bridgehead atoms. The Bertz CT molecular complexity index is 591. The molecule has 2 aromatic heterocycles. The Balaban J connectivity index is 2.01. The highest BCUT2D eigenvalue weighted by molar-refractivity contribution is 7.10. The Morgan fingerprint density at radius 3 is 3.00 bits per heavy atom. The van der Waals surface area contributed by atoms with Crippen LogP contribution < -0.4 is 0 Å². The van der Waals surface area contributed by atoms with Crippen LogP contribution in [0.1, 0.15) is 16.3 Å². The summed E-state index contributed by atoms with van der Waals surface area (Å²) >= 11 is 1.69. The van der Waals surface area contributed by atoms with Crippen LogP contribution in [-0.4, -0.2) is 33.2 Å². The van der Waals surface area contributed by atoms with Gasteiger partial charge in [-0.15, -0.1) is 11.3 Å². The van der Waals surface area contributed by atoms with Crippen molar-refractivity contribution >= 4 is 11.3 Å². The predicted molar refractivity (Wildman–Crippen MR) is 76.7 cm³/mol. The third-order valence-corrected chi connectivity index (χ3v) is 3.70. The third-order valence-electron chi connectivity index (χ3n) is 2.79. The summed E-state index contributed by atoms with van der Waals surface area (Å²) in [6, 6.07) is 2.00. The number of hydrogen-bond acceptors (Lipinski definition) is 4. The van der Waals surface area contributed by atoms with Gasteiger partial charge in [0, 0.05) is 36.4 Å². The molecular weight excluding hydrogens is 258 g/mol. The van der Waals surface area contributed by atoms with Crippen LogP contribution in [0.15, 0.2) is 23.8 Å². The maximum atomic E-state index is 8.75. The smallest absolute Gasteiger partial charge is 0.122 e. The summed E-state index contributed by atoms with van der Waals surface area (Å²) in [5.74, 6) is 6.72. The molecular formula is C14H17N3OS. The zero-order valence-corrected chi connectivity index (χ0v) is 11.9. The van der Waals surface area contributed by atoms with Crippen molar-refractivity contribution in [2.45, 2.75) is 13.1 Å². The molecule has 0 aliphatic carbocycles. The molecule has 1 N–H and O–H groups in total. The summed E-state index contributed by atoms with van der Waals surface area (Å²) in [6.45, 7) is 1.53. The van der Waals surface area contributed by atoms with Crippen molar-refractivity contribution in [1.82, 2.24) is 14.5 Å². The van der Waals surface area contributed by atoms with E-state index in [-0.39, 0.29) is 6.61 Å². The number of aliphatic hydroxyl groups excluding tert-OH is 1. The lowest BCUT2D eigenvalue weighted by atomic mass is 10.2. The first-order chi connectivity index (χ1) is 9.20. The number of thiophene rings is 1. The minimum Gasteiger partial charge on any atom is -0.384 e. The topological polar surface area (TPSA) is 41.3 Å². The number of aryl methyl sites for hydroxylation is 1. The summed E-state index contributed by atoms with van der Waals surface area (Å²) in [5.41, 5.74) is 1.01. The van der Waals surface area contributed by atoms with Crippen molar-refractivity contribution in [3.05, 3.63) is 40.1 Å². The average Bonchev–Trinajstić information content (AvgIpc) is 2.97. The molecule has 2 heterocycles. The quantitative estimate of drug-likeness (QED) is 0.859. The molecule has 0 fully saturated rings. The largest absolute Gasteiger partial charge is 0.384 e. The number of nitrogens with zero attached hydrogens (tertiary/aromatic N) is 3. The van der Waals surface area contributed by atoms with E-state index in [4.69, 9.17) is 5.11 Å². The third kappa shape index (κ3) is 3.67. The van der Waals surface area contributed by atoms with Gasteiger partial charge in [-0.05, 0) is 18.5 Å². The van der Waals surface area contributed by atoms with Crippen LogP contribution in [0, 0.1) is 11.8 Å². The molecule has 19 heavy (non-hydrogen) atoms. The van der Waals surface area contributed by atoms with Crippen LogP contribution in [0.25, 0.3) is 0 Å². The molecule has 0 aromatic carbocycles. The van der Waals surface area contributed by atoms with Gasteiger partial charge in [-0.3, -0.25) is 4.90 Å². The fraction of sp³-hybridized carbons (Fsp3) is 0.357. The maximum absolute atomic E-state index is 8.75. The highest BCUT2D eigenvalue weighted by Crippen LogP contribution is 2.18. The van der Waals surface area contributed by atoms with Crippen molar-refractivity contribution in [3.63, 3.8) is 0 Å². The van der Waals surface area contributed by atoms with Gasteiger partial charge >= 0.3 is 0 Å². The Morgan fingerprint density at radius 1 is 1.47 bits per heavy atom. The van der Waals surface area contributed by atoms with E-state index in [1.54, 1.807) is 11.3 Å². The van der Waals surface area contributed by atoms with Crippen LogP contribution in [0.3, 0.4) is 0 Å². The number of aromatic nitrogens is 2. The zero-order chi connectivity index (χ0) is 13.7. The van der Waals surface area contributed by atoms with Crippen LogP contribution in [0.5, 0.6) is 0 Å². The van der Waals surface area contributed by atoms with Crippen LogP contribution in [0.2, 0.25) is 0 Å².